The molecule has 0 amide bonds. The number of hydrogen-bond donors (Lipinski definition) is 1. The smallest absolute Gasteiger partial charge is 0.123 e. The Morgan fingerprint density at radius 1 is 1.50 bits per heavy atom. The molecule has 1 saturated heterocycles. The van der Waals surface area contributed by atoms with Crippen LogP contribution in [0.2, 0.25) is 0 Å². The molecule has 0 radical (unpaired) electrons. The molecule has 1 atom stereocenters. The number of nitrogens with one attached hydrogen (secondary N) is 1. The van der Waals surface area contributed by atoms with Crippen molar-refractivity contribution in [2.75, 3.05) is 33.3 Å². The van der Waals surface area contributed by atoms with Crippen molar-refractivity contribution in [1.29, 1.82) is 0 Å². The highest BCUT2D eigenvalue weighted by molar-refractivity contribution is 5.34. The first kappa shape index (κ1) is 13.3. The highest BCUT2D eigenvalue weighted by Gasteiger charge is 2.17. The van der Waals surface area contributed by atoms with Crippen molar-refractivity contribution in [3.63, 3.8) is 0 Å². The van der Waals surface area contributed by atoms with Gasteiger partial charge in [0.25, 0.3) is 0 Å². The molecule has 1 fully saturated rings. The van der Waals surface area contributed by atoms with E-state index in [2.05, 4.69) is 17.1 Å². The van der Waals surface area contributed by atoms with Gasteiger partial charge in [-0.05, 0) is 37.1 Å². The average molecular weight is 252 g/mol. The van der Waals surface area contributed by atoms with Crippen LogP contribution >= 0.6 is 0 Å². The Balaban J connectivity index is 1.98. The molecule has 1 aromatic rings. The number of ether oxygens (including phenoxy) is 1. The van der Waals surface area contributed by atoms with E-state index in [1.54, 1.807) is 19.2 Å². The lowest BCUT2D eigenvalue weighted by atomic mass is 10.1. The third kappa shape index (κ3) is 3.21. The number of hydrogen-bond acceptors (Lipinski definition) is 3. The summed E-state index contributed by atoms with van der Waals surface area (Å²) in [6, 6.07) is 5.26. The second-order valence-electron chi connectivity index (χ2n) is 4.80. The van der Waals surface area contributed by atoms with Gasteiger partial charge in [-0.2, -0.15) is 0 Å². The average Bonchev–Trinajstić information content (AvgIpc) is 2.38. The molecule has 0 aromatic heterocycles. The van der Waals surface area contributed by atoms with E-state index in [1.807, 2.05) is 0 Å². The van der Waals surface area contributed by atoms with Crippen LogP contribution in [0.25, 0.3) is 0 Å². The summed E-state index contributed by atoms with van der Waals surface area (Å²) in [4.78, 5) is 2.43. The van der Waals surface area contributed by atoms with E-state index in [4.69, 9.17) is 4.74 Å². The monoisotopic (exact) mass is 252 g/mol. The van der Waals surface area contributed by atoms with Crippen LogP contribution in [0.5, 0.6) is 5.75 Å². The summed E-state index contributed by atoms with van der Waals surface area (Å²) >= 11 is 0. The Morgan fingerprint density at radius 2 is 2.33 bits per heavy atom. The maximum atomic E-state index is 13.2. The molecule has 1 aliphatic heterocycles. The van der Waals surface area contributed by atoms with Crippen LogP contribution in [-0.2, 0) is 6.42 Å². The minimum atomic E-state index is -0.195. The molecule has 1 N–H and O–H groups in total. The van der Waals surface area contributed by atoms with Gasteiger partial charge in [-0.3, -0.25) is 4.90 Å². The summed E-state index contributed by atoms with van der Waals surface area (Å²) < 4.78 is 18.5. The van der Waals surface area contributed by atoms with Gasteiger partial charge in [-0.25, -0.2) is 4.39 Å². The Labute approximate surface area is 108 Å². The van der Waals surface area contributed by atoms with Crippen LogP contribution in [-0.4, -0.2) is 44.2 Å². The highest BCUT2D eigenvalue weighted by atomic mass is 19.1. The van der Waals surface area contributed by atoms with Crippen molar-refractivity contribution >= 4 is 0 Å². The largest absolute Gasteiger partial charge is 0.496 e. The predicted molar refractivity (Wildman–Crippen MR) is 70.6 cm³/mol. The molecule has 0 aliphatic carbocycles. The van der Waals surface area contributed by atoms with Crippen molar-refractivity contribution in [3.05, 3.63) is 29.6 Å². The fourth-order valence-electron chi connectivity index (χ4n) is 2.42. The molecule has 0 spiro atoms. The number of benzene rings is 1. The summed E-state index contributed by atoms with van der Waals surface area (Å²) in [7, 11) is 1.63. The molecule has 0 saturated carbocycles. The summed E-state index contributed by atoms with van der Waals surface area (Å²) in [5, 5.41) is 3.37. The molecule has 3 nitrogen and oxygen atoms in total. The third-order valence-electron chi connectivity index (χ3n) is 3.55. The van der Waals surface area contributed by atoms with Crippen LogP contribution in [0.1, 0.15) is 12.5 Å². The molecule has 18 heavy (non-hydrogen) atoms. The Morgan fingerprint density at radius 3 is 3.06 bits per heavy atom. The lowest BCUT2D eigenvalue weighted by Crippen LogP contribution is -2.50. The first-order valence-electron chi connectivity index (χ1n) is 6.48. The lowest BCUT2D eigenvalue weighted by Gasteiger charge is -2.33. The van der Waals surface area contributed by atoms with Crippen LogP contribution < -0.4 is 10.1 Å². The minimum absolute atomic E-state index is 0.195. The van der Waals surface area contributed by atoms with E-state index < -0.39 is 0 Å². The zero-order chi connectivity index (χ0) is 13.0. The summed E-state index contributed by atoms with van der Waals surface area (Å²) in [6.45, 7) is 6.28. The molecule has 100 valence electrons. The van der Waals surface area contributed by atoms with Gasteiger partial charge >= 0.3 is 0 Å². The predicted octanol–water partition coefficient (Wildman–Crippen LogP) is 1.67. The second kappa shape index (κ2) is 6.16. The Kier molecular flexibility index (Phi) is 4.55. The van der Waals surface area contributed by atoms with Gasteiger partial charge < -0.3 is 10.1 Å². The van der Waals surface area contributed by atoms with Gasteiger partial charge in [0.05, 0.1) is 7.11 Å². The fraction of sp³-hybridized carbons (Fsp3) is 0.571. The molecular formula is C14H21FN2O. The van der Waals surface area contributed by atoms with Crippen molar-refractivity contribution in [1.82, 2.24) is 10.2 Å². The molecule has 1 aromatic carbocycles. The molecule has 1 aliphatic rings. The quantitative estimate of drug-likeness (QED) is 0.882. The molecule has 0 bridgehead atoms. The fourth-order valence-corrected chi connectivity index (χ4v) is 2.42. The van der Waals surface area contributed by atoms with Crippen molar-refractivity contribution in [3.8, 4) is 5.75 Å². The number of methoxy groups -OCH3 is 1. The van der Waals surface area contributed by atoms with Gasteiger partial charge in [-0.1, -0.05) is 0 Å². The number of piperazine rings is 1. The maximum Gasteiger partial charge on any atom is 0.123 e. The third-order valence-corrected chi connectivity index (χ3v) is 3.55. The van der Waals surface area contributed by atoms with Gasteiger partial charge in [0, 0.05) is 32.2 Å². The van der Waals surface area contributed by atoms with E-state index in [1.165, 1.54) is 6.07 Å². The molecule has 2 rings (SSSR count). The topological polar surface area (TPSA) is 24.5 Å². The highest BCUT2D eigenvalue weighted by Crippen LogP contribution is 2.20. The van der Waals surface area contributed by atoms with Crippen LogP contribution in [0, 0.1) is 5.82 Å². The van der Waals surface area contributed by atoms with Crippen molar-refractivity contribution < 1.29 is 9.13 Å². The number of rotatable bonds is 4. The standard InChI is InChI=1S/C14H21FN2O/c1-11-10-16-6-8-17(11)7-5-12-9-13(15)3-4-14(12)18-2/h3-4,9,11,16H,5-8,10H2,1-2H3. The maximum absolute atomic E-state index is 13.2. The normalized spacial score (nSPS) is 20.9. The van der Waals surface area contributed by atoms with Crippen molar-refractivity contribution in [2.24, 2.45) is 0 Å². The number of halogens is 1. The lowest BCUT2D eigenvalue weighted by molar-refractivity contribution is 0.175. The Bertz CT molecular complexity index is 397. The molecular weight excluding hydrogens is 231 g/mol. The SMILES string of the molecule is COc1ccc(F)cc1CCN1CCNCC1C. The van der Waals surface area contributed by atoms with Crippen LogP contribution in [0.15, 0.2) is 18.2 Å². The van der Waals surface area contributed by atoms with Gasteiger partial charge in [0.2, 0.25) is 0 Å². The van der Waals surface area contributed by atoms with Gasteiger partial charge in [-0.15, -0.1) is 0 Å². The summed E-state index contributed by atoms with van der Waals surface area (Å²) in [6.07, 6.45) is 0.825. The van der Waals surface area contributed by atoms with E-state index in [-0.39, 0.29) is 5.82 Å². The van der Waals surface area contributed by atoms with Gasteiger partial charge in [0.15, 0.2) is 0 Å². The van der Waals surface area contributed by atoms with Crippen LogP contribution in [0.3, 0.4) is 0 Å². The first-order chi connectivity index (χ1) is 8.70. The number of nitrogens with zero attached hydrogens (tertiary/aromatic N) is 1. The Hall–Kier alpha value is -1.13. The molecule has 1 unspecified atom stereocenters. The zero-order valence-electron chi connectivity index (χ0n) is 11.1. The van der Waals surface area contributed by atoms with E-state index >= 15 is 0 Å². The van der Waals surface area contributed by atoms with E-state index in [0.717, 1.165) is 43.9 Å². The van der Waals surface area contributed by atoms with Crippen molar-refractivity contribution in [2.45, 2.75) is 19.4 Å². The van der Waals surface area contributed by atoms with E-state index in [9.17, 15) is 4.39 Å². The van der Waals surface area contributed by atoms with E-state index in [0.29, 0.717) is 6.04 Å². The second-order valence-corrected chi connectivity index (χ2v) is 4.80. The summed E-state index contributed by atoms with van der Waals surface area (Å²) in [5.41, 5.74) is 0.947. The van der Waals surface area contributed by atoms with Crippen LogP contribution in [0.4, 0.5) is 4.39 Å². The van der Waals surface area contributed by atoms with Gasteiger partial charge in [0.1, 0.15) is 11.6 Å². The molecule has 4 heteroatoms. The first-order valence-corrected chi connectivity index (χ1v) is 6.48. The minimum Gasteiger partial charge on any atom is -0.496 e. The zero-order valence-corrected chi connectivity index (χ0v) is 11.1. The molecule has 1 heterocycles. The summed E-state index contributed by atoms with van der Waals surface area (Å²) in [5.74, 6) is 0.582.